The molecule has 0 atom stereocenters. The molecule has 0 spiro atoms. The first-order chi connectivity index (χ1) is 14.3. The van der Waals surface area contributed by atoms with E-state index in [0.717, 1.165) is 24.2 Å². The molecule has 5 heteroatoms. The van der Waals surface area contributed by atoms with Gasteiger partial charge in [0.1, 0.15) is 18.0 Å². The van der Waals surface area contributed by atoms with E-state index in [4.69, 9.17) is 9.47 Å². The number of amides is 1. The van der Waals surface area contributed by atoms with Crippen LogP contribution in [0.1, 0.15) is 37.6 Å². The van der Waals surface area contributed by atoms with E-state index in [2.05, 4.69) is 35.9 Å². The summed E-state index contributed by atoms with van der Waals surface area (Å²) in [4.78, 5) is 14.3. The van der Waals surface area contributed by atoms with Gasteiger partial charge in [0.25, 0.3) is 0 Å². The molecule has 3 aromatic rings. The summed E-state index contributed by atoms with van der Waals surface area (Å²) >= 11 is 0. The molecule has 0 saturated heterocycles. The van der Waals surface area contributed by atoms with Crippen LogP contribution in [0.5, 0.6) is 5.75 Å². The smallest absolute Gasteiger partial charge is 0.410 e. The first-order valence-electron chi connectivity index (χ1n) is 10.6. The molecule has 0 aliphatic carbocycles. The van der Waals surface area contributed by atoms with Gasteiger partial charge in [-0.1, -0.05) is 30.3 Å². The first kappa shape index (κ1) is 20.3. The number of hydrogen-bond donors (Lipinski definition) is 0. The summed E-state index contributed by atoms with van der Waals surface area (Å²) < 4.78 is 13.8. The zero-order chi connectivity index (χ0) is 21.3. The Labute approximate surface area is 178 Å². The summed E-state index contributed by atoms with van der Waals surface area (Å²) in [5.74, 6) is 0.873. The molecule has 1 aromatic heterocycles. The first-order valence-corrected chi connectivity index (χ1v) is 10.6. The van der Waals surface area contributed by atoms with E-state index >= 15 is 0 Å². The Bertz CT molecular complexity index is 1050. The molecular formula is C25H30N2O3. The Balaban J connectivity index is 1.52. The zero-order valence-corrected chi connectivity index (χ0v) is 18.3. The van der Waals surface area contributed by atoms with E-state index in [1.807, 2.05) is 49.9 Å². The second-order valence-electron chi connectivity index (χ2n) is 8.90. The Morgan fingerprint density at radius 3 is 2.50 bits per heavy atom. The Hall–Kier alpha value is -2.95. The maximum Gasteiger partial charge on any atom is 0.410 e. The minimum Gasteiger partial charge on any atom is -0.489 e. The number of benzene rings is 2. The Kier molecular flexibility index (Phi) is 5.46. The number of nitrogens with zero attached hydrogens (tertiary/aromatic N) is 2. The van der Waals surface area contributed by atoms with Crippen LogP contribution in [-0.2, 0) is 31.2 Å². The van der Waals surface area contributed by atoms with Crippen LogP contribution in [0, 0.1) is 0 Å². The van der Waals surface area contributed by atoms with Gasteiger partial charge in [0, 0.05) is 43.7 Å². The highest BCUT2D eigenvalue weighted by atomic mass is 16.6. The monoisotopic (exact) mass is 406 g/mol. The minimum absolute atomic E-state index is 0.226. The molecule has 1 aliphatic rings. The molecule has 0 bridgehead atoms. The number of aryl methyl sites for hydroxylation is 1. The van der Waals surface area contributed by atoms with Crippen LogP contribution in [0.3, 0.4) is 0 Å². The van der Waals surface area contributed by atoms with Crippen LogP contribution in [0.2, 0.25) is 0 Å². The van der Waals surface area contributed by atoms with Gasteiger partial charge in [-0.2, -0.15) is 0 Å². The number of rotatable bonds is 3. The molecule has 1 aliphatic heterocycles. The molecule has 158 valence electrons. The summed E-state index contributed by atoms with van der Waals surface area (Å²) in [6, 6.07) is 16.5. The van der Waals surface area contributed by atoms with Gasteiger partial charge >= 0.3 is 6.09 Å². The molecule has 1 amide bonds. The van der Waals surface area contributed by atoms with Gasteiger partial charge in [-0.05, 0) is 50.5 Å². The second-order valence-corrected chi connectivity index (χ2v) is 8.90. The quantitative estimate of drug-likeness (QED) is 0.608. The fourth-order valence-electron chi connectivity index (χ4n) is 4.08. The lowest BCUT2D eigenvalue weighted by Gasteiger charge is -2.26. The predicted molar refractivity (Wildman–Crippen MR) is 119 cm³/mol. The molecule has 0 unspecified atom stereocenters. The SMILES string of the molecule is Cn1c2c(c3ccc(OCc4ccccc4)cc31)CCN(C(=O)OC(C)(C)C)CC2. The van der Waals surface area contributed by atoms with Crippen molar-refractivity contribution in [1.29, 1.82) is 0 Å². The lowest BCUT2D eigenvalue weighted by atomic mass is 10.1. The maximum absolute atomic E-state index is 12.5. The Morgan fingerprint density at radius 1 is 1.03 bits per heavy atom. The van der Waals surface area contributed by atoms with E-state index in [1.165, 1.54) is 22.2 Å². The second kappa shape index (κ2) is 8.05. The van der Waals surface area contributed by atoms with Crippen LogP contribution < -0.4 is 4.74 Å². The zero-order valence-electron chi connectivity index (χ0n) is 18.3. The summed E-state index contributed by atoms with van der Waals surface area (Å²) in [6.07, 6.45) is 1.42. The fraction of sp³-hybridized carbons (Fsp3) is 0.400. The summed E-state index contributed by atoms with van der Waals surface area (Å²) in [6.45, 7) is 7.62. The molecule has 0 N–H and O–H groups in total. The minimum atomic E-state index is -0.473. The van der Waals surface area contributed by atoms with Crippen molar-refractivity contribution in [3.05, 3.63) is 65.4 Å². The van der Waals surface area contributed by atoms with Gasteiger partial charge < -0.3 is 18.9 Å². The van der Waals surface area contributed by atoms with Crippen LogP contribution in [0.15, 0.2) is 48.5 Å². The van der Waals surface area contributed by atoms with E-state index < -0.39 is 5.60 Å². The number of carbonyl (C=O) groups excluding carboxylic acids is 1. The third-order valence-corrected chi connectivity index (χ3v) is 5.56. The highest BCUT2D eigenvalue weighted by Crippen LogP contribution is 2.31. The number of aromatic nitrogens is 1. The van der Waals surface area contributed by atoms with Gasteiger partial charge in [-0.25, -0.2) is 4.79 Å². The highest BCUT2D eigenvalue weighted by molar-refractivity contribution is 5.87. The molecule has 5 nitrogen and oxygen atoms in total. The predicted octanol–water partition coefficient (Wildman–Crippen LogP) is 5.09. The van der Waals surface area contributed by atoms with Crippen molar-refractivity contribution < 1.29 is 14.3 Å². The van der Waals surface area contributed by atoms with Gasteiger partial charge in [0.15, 0.2) is 0 Å². The van der Waals surface area contributed by atoms with E-state index in [-0.39, 0.29) is 6.09 Å². The number of fused-ring (bicyclic) bond motifs is 3. The Morgan fingerprint density at radius 2 is 1.77 bits per heavy atom. The van der Waals surface area contributed by atoms with Crippen molar-refractivity contribution in [2.45, 2.75) is 45.8 Å². The van der Waals surface area contributed by atoms with Crippen molar-refractivity contribution in [3.63, 3.8) is 0 Å². The average molecular weight is 407 g/mol. The third kappa shape index (κ3) is 4.30. The van der Waals surface area contributed by atoms with Crippen LogP contribution in [0.25, 0.3) is 10.9 Å². The summed E-state index contributed by atoms with van der Waals surface area (Å²) in [5, 5.41) is 1.24. The van der Waals surface area contributed by atoms with E-state index in [9.17, 15) is 4.79 Å². The molecule has 4 rings (SSSR count). The van der Waals surface area contributed by atoms with Crippen molar-refractivity contribution in [2.24, 2.45) is 7.05 Å². The topological polar surface area (TPSA) is 43.7 Å². The number of ether oxygens (including phenoxy) is 2. The normalized spacial score (nSPS) is 14.3. The third-order valence-electron chi connectivity index (χ3n) is 5.56. The van der Waals surface area contributed by atoms with E-state index in [1.54, 1.807) is 0 Å². The van der Waals surface area contributed by atoms with E-state index in [0.29, 0.717) is 19.7 Å². The van der Waals surface area contributed by atoms with Crippen molar-refractivity contribution in [3.8, 4) is 5.75 Å². The van der Waals surface area contributed by atoms with Gasteiger partial charge in [-0.3, -0.25) is 0 Å². The number of carbonyl (C=O) groups is 1. The number of hydrogen-bond acceptors (Lipinski definition) is 3. The van der Waals surface area contributed by atoms with Crippen LogP contribution in [0.4, 0.5) is 4.79 Å². The molecular weight excluding hydrogens is 376 g/mol. The highest BCUT2D eigenvalue weighted by Gasteiger charge is 2.26. The standard InChI is InChI=1S/C25H30N2O3/c1-25(2,3)30-24(28)27-14-12-21-20-11-10-19(29-17-18-8-6-5-7-9-18)16-23(20)26(4)22(21)13-15-27/h5-11,16H,12-15,17H2,1-4H3. The van der Waals surface area contributed by atoms with Gasteiger partial charge in [0.2, 0.25) is 0 Å². The van der Waals surface area contributed by atoms with Gasteiger partial charge in [-0.15, -0.1) is 0 Å². The average Bonchev–Trinajstić information content (AvgIpc) is 2.85. The van der Waals surface area contributed by atoms with Crippen molar-refractivity contribution in [1.82, 2.24) is 9.47 Å². The molecule has 2 heterocycles. The van der Waals surface area contributed by atoms with Gasteiger partial charge in [0.05, 0.1) is 5.52 Å². The maximum atomic E-state index is 12.5. The van der Waals surface area contributed by atoms with Crippen molar-refractivity contribution in [2.75, 3.05) is 13.1 Å². The summed E-state index contributed by atoms with van der Waals surface area (Å²) in [7, 11) is 2.10. The molecule has 0 fully saturated rings. The largest absolute Gasteiger partial charge is 0.489 e. The summed E-state index contributed by atoms with van der Waals surface area (Å²) in [5.41, 5.74) is 4.47. The molecule has 0 saturated carbocycles. The van der Waals surface area contributed by atoms with Crippen molar-refractivity contribution >= 4 is 17.0 Å². The van der Waals surface area contributed by atoms with Crippen LogP contribution >= 0.6 is 0 Å². The lowest BCUT2D eigenvalue weighted by Crippen LogP contribution is -2.38. The molecule has 2 aromatic carbocycles. The van der Waals surface area contributed by atoms with Crippen LogP contribution in [-0.4, -0.2) is 34.3 Å². The lowest BCUT2D eigenvalue weighted by molar-refractivity contribution is 0.0258. The molecule has 0 radical (unpaired) electrons. The fourth-order valence-corrected chi connectivity index (χ4v) is 4.08. The molecule has 30 heavy (non-hydrogen) atoms.